The lowest BCUT2D eigenvalue weighted by Crippen LogP contribution is -2.05. The second-order valence-corrected chi connectivity index (χ2v) is 7.70. The molecule has 0 amide bonds. The Morgan fingerprint density at radius 3 is 2.20 bits per heavy atom. The fourth-order valence-electron chi connectivity index (χ4n) is 2.18. The summed E-state index contributed by atoms with van der Waals surface area (Å²) >= 11 is 6.50. The Bertz CT molecular complexity index is 1060. The first-order chi connectivity index (χ1) is 11.8. The van der Waals surface area contributed by atoms with Gasteiger partial charge in [0.05, 0.1) is 14.2 Å². The van der Waals surface area contributed by atoms with E-state index in [1.54, 1.807) is 6.07 Å². The fraction of sp³-hybridized carbons (Fsp3) is 0.154. The third-order valence-corrected chi connectivity index (χ3v) is 5.24. The lowest BCUT2D eigenvalue weighted by atomic mass is 10.3. The molecule has 3 heterocycles. The molecule has 0 radical (unpaired) electrons. The highest BCUT2D eigenvalue weighted by Gasteiger charge is 2.23. The molecular weight excluding hydrogens is 484 g/mol. The van der Waals surface area contributed by atoms with E-state index in [1.807, 2.05) is 0 Å². The summed E-state index contributed by atoms with van der Waals surface area (Å²) in [4.78, 5) is 12.4. The van der Waals surface area contributed by atoms with Gasteiger partial charge < -0.3 is 9.47 Å². The highest BCUT2D eigenvalue weighted by molar-refractivity contribution is 9.10. The quantitative estimate of drug-likeness (QED) is 0.435. The van der Waals surface area contributed by atoms with Crippen molar-refractivity contribution in [1.29, 1.82) is 0 Å². The van der Waals surface area contributed by atoms with Gasteiger partial charge in [-0.3, -0.25) is 9.12 Å². The van der Waals surface area contributed by atoms with Gasteiger partial charge in [0.2, 0.25) is 17.7 Å². The van der Waals surface area contributed by atoms with Crippen LogP contribution in [-0.2, 0) is 10.1 Å². The molecule has 3 aromatic rings. The van der Waals surface area contributed by atoms with Crippen LogP contribution in [-0.4, -0.2) is 46.7 Å². The van der Waals surface area contributed by atoms with Crippen LogP contribution >= 0.6 is 31.9 Å². The molecule has 0 bridgehead atoms. The smallest absolute Gasteiger partial charge is 0.296 e. The molecule has 0 fully saturated rings. The van der Waals surface area contributed by atoms with Crippen molar-refractivity contribution < 1.29 is 22.4 Å². The minimum atomic E-state index is -4.47. The number of nitrogens with zero attached hydrogens (tertiary/aromatic N) is 4. The van der Waals surface area contributed by atoms with Crippen molar-refractivity contribution in [2.24, 2.45) is 0 Å². The zero-order valence-corrected chi connectivity index (χ0v) is 16.8. The number of rotatable bonds is 4. The van der Waals surface area contributed by atoms with Crippen LogP contribution in [0.3, 0.4) is 0 Å². The van der Waals surface area contributed by atoms with Crippen molar-refractivity contribution in [3.8, 4) is 17.7 Å². The van der Waals surface area contributed by atoms with Gasteiger partial charge >= 0.3 is 0 Å². The maximum atomic E-state index is 11.7. The van der Waals surface area contributed by atoms with E-state index in [4.69, 9.17) is 9.47 Å². The van der Waals surface area contributed by atoms with E-state index < -0.39 is 10.1 Å². The van der Waals surface area contributed by atoms with Crippen LogP contribution in [0.4, 0.5) is 0 Å². The summed E-state index contributed by atoms with van der Waals surface area (Å²) < 4.78 is 45.4. The Morgan fingerprint density at radius 2 is 1.68 bits per heavy atom. The zero-order chi connectivity index (χ0) is 18.4. The average Bonchev–Trinajstić information content (AvgIpc) is 2.94. The van der Waals surface area contributed by atoms with E-state index in [-0.39, 0.29) is 33.6 Å². The van der Waals surface area contributed by atoms with Gasteiger partial charge in [-0.2, -0.15) is 18.4 Å². The maximum Gasteiger partial charge on any atom is 0.296 e. The van der Waals surface area contributed by atoms with Gasteiger partial charge in [0, 0.05) is 11.6 Å². The van der Waals surface area contributed by atoms with Gasteiger partial charge in [-0.05, 0) is 44.0 Å². The summed E-state index contributed by atoms with van der Waals surface area (Å²) in [5.41, 5.74) is 0.230. The number of pyridine rings is 1. The first-order valence-electron chi connectivity index (χ1n) is 6.57. The van der Waals surface area contributed by atoms with Crippen molar-refractivity contribution in [1.82, 2.24) is 19.5 Å². The van der Waals surface area contributed by atoms with Crippen molar-refractivity contribution in [2.75, 3.05) is 14.2 Å². The zero-order valence-electron chi connectivity index (χ0n) is 12.8. The number of methoxy groups -OCH3 is 2. The van der Waals surface area contributed by atoms with Crippen molar-refractivity contribution in [3.05, 3.63) is 27.4 Å². The largest absolute Gasteiger partial charge is 0.480 e. The normalized spacial score (nSPS) is 11.7. The standard InChI is InChI=1S/C13H10Br2N4O5S/c1-23-11-9(15)12(24-2)18-13(17-11)19-5-7(25(20,21)22)6-3-4-8(14)16-10(6)19/h3-5H,1-2H3,(H,20,21,22). The summed E-state index contributed by atoms with van der Waals surface area (Å²) in [5, 5.41) is 0.218. The highest BCUT2D eigenvalue weighted by atomic mass is 79.9. The predicted molar refractivity (Wildman–Crippen MR) is 95.0 cm³/mol. The number of ether oxygens (including phenoxy) is 2. The summed E-state index contributed by atoms with van der Waals surface area (Å²) in [7, 11) is -1.63. The first kappa shape index (κ1) is 18.0. The van der Waals surface area contributed by atoms with Crippen LogP contribution in [0.25, 0.3) is 17.0 Å². The second kappa shape index (κ2) is 6.52. The molecule has 12 heteroatoms. The third kappa shape index (κ3) is 3.21. The molecule has 9 nitrogen and oxygen atoms in total. The number of halogens is 2. The third-order valence-electron chi connectivity index (χ3n) is 3.24. The topological polar surface area (TPSA) is 116 Å². The molecule has 1 N–H and O–H groups in total. The molecule has 0 saturated carbocycles. The lowest BCUT2D eigenvalue weighted by Gasteiger charge is -2.10. The van der Waals surface area contributed by atoms with Crippen LogP contribution in [0.2, 0.25) is 0 Å². The molecule has 0 spiro atoms. The number of hydrogen-bond acceptors (Lipinski definition) is 7. The van der Waals surface area contributed by atoms with Crippen molar-refractivity contribution >= 4 is 53.0 Å². The number of hydrogen-bond donors (Lipinski definition) is 1. The van der Waals surface area contributed by atoms with Gasteiger partial charge in [0.25, 0.3) is 10.1 Å². The molecule has 25 heavy (non-hydrogen) atoms. The Labute approximate surface area is 159 Å². The Morgan fingerprint density at radius 1 is 1.08 bits per heavy atom. The van der Waals surface area contributed by atoms with Gasteiger partial charge in [-0.25, -0.2) is 4.98 Å². The number of aromatic nitrogens is 4. The van der Waals surface area contributed by atoms with Crippen LogP contribution < -0.4 is 9.47 Å². The van der Waals surface area contributed by atoms with E-state index in [9.17, 15) is 13.0 Å². The van der Waals surface area contributed by atoms with Crippen LogP contribution in [0, 0.1) is 0 Å². The maximum absolute atomic E-state index is 11.7. The van der Waals surface area contributed by atoms with E-state index >= 15 is 0 Å². The monoisotopic (exact) mass is 492 g/mol. The first-order valence-corrected chi connectivity index (χ1v) is 9.60. The van der Waals surface area contributed by atoms with Gasteiger partial charge in [-0.1, -0.05) is 0 Å². The van der Waals surface area contributed by atoms with Crippen LogP contribution in [0.5, 0.6) is 11.8 Å². The molecule has 0 saturated heterocycles. The van der Waals surface area contributed by atoms with E-state index in [0.29, 0.717) is 9.08 Å². The minimum absolute atomic E-state index is 0.0578. The van der Waals surface area contributed by atoms with Crippen molar-refractivity contribution in [3.63, 3.8) is 0 Å². The Kier molecular flexibility index (Phi) is 4.70. The summed E-state index contributed by atoms with van der Waals surface area (Å²) in [5.74, 6) is 0.432. The molecule has 132 valence electrons. The fourth-order valence-corrected chi connectivity index (χ4v) is 3.66. The van der Waals surface area contributed by atoms with E-state index in [0.717, 1.165) is 0 Å². The Hall–Kier alpha value is -1.76. The molecule has 3 rings (SSSR count). The van der Waals surface area contributed by atoms with Crippen LogP contribution in [0.15, 0.2) is 32.3 Å². The van der Waals surface area contributed by atoms with E-state index in [1.165, 1.54) is 31.0 Å². The summed E-state index contributed by atoms with van der Waals surface area (Å²) in [6.07, 6.45) is 1.18. The molecule has 0 aliphatic heterocycles. The number of fused-ring (bicyclic) bond motifs is 1. The lowest BCUT2D eigenvalue weighted by molar-refractivity contribution is 0.365. The SMILES string of the molecule is COc1nc(-n2cc(S(=O)(=O)O)c3ccc(Br)nc32)nc(OC)c1Br. The molecule has 0 aliphatic carbocycles. The molecule has 0 unspecified atom stereocenters. The summed E-state index contributed by atoms with van der Waals surface area (Å²) in [6, 6.07) is 3.07. The minimum Gasteiger partial charge on any atom is -0.480 e. The molecule has 0 aliphatic rings. The molecular formula is C13H10Br2N4O5S. The predicted octanol–water partition coefficient (Wildman–Crippen LogP) is 2.60. The second-order valence-electron chi connectivity index (χ2n) is 4.70. The molecule has 0 aromatic carbocycles. The van der Waals surface area contributed by atoms with Gasteiger partial charge in [0.15, 0.2) is 0 Å². The van der Waals surface area contributed by atoms with Crippen LogP contribution in [0.1, 0.15) is 0 Å². The van der Waals surface area contributed by atoms with Crippen molar-refractivity contribution in [2.45, 2.75) is 4.90 Å². The Balaban J connectivity index is 2.38. The van der Waals surface area contributed by atoms with Gasteiger partial charge in [0.1, 0.15) is 19.6 Å². The molecule has 3 aromatic heterocycles. The average molecular weight is 494 g/mol. The van der Waals surface area contributed by atoms with E-state index in [2.05, 4.69) is 46.8 Å². The highest BCUT2D eigenvalue weighted by Crippen LogP contribution is 2.33. The molecule has 0 atom stereocenters. The summed E-state index contributed by atoms with van der Waals surface area (Å²) in [6.45, 7) is 0. The van der Waals surface area contributed by atoms with Gasteiger partial charge in [-0.15, -0.1) is 0 Å².